The highest BCUT2D eigenvalue weighted by atomic mass is 35.5. The Bertz CT molecular complexity index is 632. The van der Waals surface area contributed by atoms with E-state index in [9.17, 15) is 9.59 Å². The average Bonchev–Trinajstić information content (AvgIpc) is 2.34. The van der Waals surface area contributed by atoms with Crippen molar-refractivity contribution >= 4 is 23.2 Å². The van der Waals surface area contributed by atoms with Gasteiger partial charge in [-0.15, -0.1) is 0 Å². The Hall–Kier alpha value is -2.14. The van der Waals surface area contributed by atoms with Gasteiger partial charge in [-0.25, -0.2) is 4.98 Å². The number of rotatable bonds is 2. The number of amides is 1. The molecular formula is C12H10ClN3O2. The number of carbonyl (C=O) groups excluding carboxylic acids is 1. The van der Waals surface area contributed by atoms with Gasteiger partial charge in [0.15, 0.2) is 5.15 Å². The number of hydrogen-bond donors (Lipinski definition) is 2. The van der Waals surface area contributed by atoms with Crippen LogP contribution in [0.1, 0.15) is 16.1 Å². The number of aryl methyl sites for hydroxylation is 1. The van der Waals surface area contributed by atoms with Crippen molar-refractivity contribution < 1.29 is 4.79 Å². The lowest BCUT2D eigenvalue weighted by molar-refractivity contribution is 0.102. The van der Waals surface area contributed by atoms with Gasteiger partial charge in [-0.05, 0) is 24.6 Å². The standard InChI is InChI=1S/C12H10ClN3O2/c1-7-5-6-14-11(13)10(7)16-12(18)8-3-2-4-9(17)15-8/h2-6H,1H3,(H,15,17)(H,16,18). The van der Waals surface area contributed by atoms with Gasteiger partial charge in [0.05, 0.1) is 5.69 Å². The molecule has 92 valence electrons. The van der Waals surface area contributed by atoms with Crippen LogP contribution >= 0.6 is 11.6 Å². The van der Waals surface area contributed by atoms with Gasteiger partial charge in [0.2, 0.25) is 5.56 Å². The number of hydrogen-bond acceptors (Lipinski definition) is 3. The molecule has 2 aromatic rings. The van der Waals surface area contributed by atoms with Gasteiger partial charge in [0, 0.05) is 12.3 Å². The maximum absolute atomic E-state index is 11.9. The number of carbonyl (C=O) groups is 1. The molecule has 1 amide bonds. The summed E-state index contributed by atoms with van der Waals surface area (Å²) in [5.74, 6) is -0.439. The van der Waals surface area contributed by atoms with Crippen molar-refractivity contribution in [3.63, 3.8) is 0 Å². The lowest BCUT2D eigenvalue weighted by Crippen LogP contribution is -2.18. The average molecular weight is 264 g/mol. The molecule has 0 aliphatic carbocycles. The Morgan fingerprint density at radius 2 is 2.17 bits per heavy atom. The number of anilines is 1. The SMILES string of the molecule is Cc1ccnc(Cl)c1NC(=O)c1cccc(=O)[nH]1. The van der Waals surface area contributed by atoms with Crippen molar-refractivity contribution in [3.05, 3.63) is 57.2 Å². The van der Waals surface area contributed by atoms with Gasteiger partial charge in [-0.1, -0.05) is 17.7 Å². The van der Waals surface area contributed by atoms with E-state index < -0.39 is 5.91 Å². The molecule has 0 fully saturated rings. The van der Waals surface area contributed by atoms with E-state index in [2.05, 4.69) is 15.3 Å². The Balaban J connectivity index is 2.30. The van der Waals surface area contributed by atoms with Crippen LogP contribution in [0, 0.1) is 6.92 Å². The predicted molar refractivity (Wildman–Crippen MR) is 69.0 cm³/mol. The van der Waals surface area contributed by atoms with E-state index in [0.29, 0.717) is 5.69 Å². The van der Waals surface area contributed by atoms with Crippen LogP contribution in [0.5, 0.6) is 0 Å². The molecular weight excluding hydrogens is 254 g/mol. The summed E-state index contributed by atoms with van der Waals surface area (Å²) in [7, 11) is 0. The van der Waals surface area contributed by atoms with Crippen LogP contribution in [0.15, 0.2) is 35.3 Å². The molecule has 0 spiro atoms. The Morgan fingerprint density at radius 1 is 1.39 bits per heavy atom. The number of halogens is 1. The minimum absolute atomic E-state index is 0.168. The minimum Gasteiger partial charge on any atom is -0.318 e. The summed E-state index contributed by atoms with van der Waals surface area (Å²) in [4.78, 5) is 29.3. The van der Waals surface area contributed by atoms with Crippen molar-refractivity contribution in [1.29, 1.82) is 0 Å². The van der Waals surface area contributed by atoms with E-state index in [1.807, 2.05) is 0 Å². The van der Waals surface area contributed by atoms with E-state index in [0.717, 1.165) is 5.56 Å². The first-order valence-corrected chi connectivity index (χ1v) is 5.57. The summed E-state index contributed by atoms with van der Waals surface area (Å²) in [5.41, 5.74) is 1.06. The number of nitrogens with one attached hydrogen (secondary N) is 2. The Morgan fingerprint density at radius 3 is 2.83 bits per heavy atom. The Kier molecular flexibility index (Phi) is 3.43. The molecule has 0 saturated carbocycles. The van der Waals surface area contributed by atoms with Crippen LogP contribution < -0.4 is 10.9 Å². The summed E-state index contributed by atoms with van der Waals surface area (Å²) in [6.07, 6.45) is 1.55. The van der Waals surface area contributed by atoms with Crippen LogP contribution in [0.25, 0.3) is 0 Å². The largest absolute Gasteiger partial charge is 0.318 e. The Labute approximate surface area is 108 Å². The highest BCUT2D eigenvalue weighted by Gasteiger charge is 2.11. The lowest BCUT2D eigenvalue weighted by Gasteiger charge is -2.09. The zero-order valence-corrected chi connectivity index (χ0v) is 10.3. The number of aromatic amines is 1. The second-order valence-electron chi connectivity index (χ2n) is 3.68. The van der Waals surface area contributed by atoms with Crippen LogP contribution in [0.3, 0.4) is 0 Å². The molecule has 0 aromatic carbocycles. The van der Waals surface area contributed by atoms with Crippen LogP contribution in [-0.2, 0) is 0 Å². The van der Waals surface area contributed by atoms with E-state index in [1.165, 1.54) is 18.2 Å². The zero-order chi connectivity index (χ0) is 13.1. The topological polar surface area (TPSA) is 74.8 Å². The molecule has 2 rings (SSSR count). The van der Waals surface area contributed by atoms with Crippen molar-refractivity contribution in [2.75, 3.05) is 5.32 Å². The normalized spacial score (nSPS) is 10.1. The summed E-state index contributed by atoms with van der Waals surface area (Å²) >= 11 is 5.89. The summed E-state index contributed by atoms with van der Waals surface area (Å²) in [6.45, 7) is 1.80. The van der Waals surface area contributed by atoms with E-state index in [-0.39, 0.29) is 16.4 Å². The molecule has 0 aliphatic rings. The maximum Gasteiger partial charge on any atom is 0.272 e. The molecule has 0 radical (unpaired) electrons. The fourth-order valence-corrected chi connectivity index (χ4v) is 1.69. The quantitative estimate of drug-likeness (QED) is 0.814. The number of pyridine rings is 2. The molecule has 0 unspecified atom stereocenters. The highest BCUT2D eigenvalue weighted by Crippen LogP contribution is 2.22. The molecule has 6 heteroatoms. The molecule has 5 nitrogen and oxygen atoms in total. The van der Waals surface area contributed by atoms with Crippen molar-refractivity contribution in [1.82, 2.24) is 9.97 Å². The third-order valence-corrected chi connectivity index (χ3v) is 2.65. The molecule has 0 saturated heterocycles. The highest BCUT2D eigenvalue weighted by molar-refractivity contribution is 6.32. The van der Waals surface area contributed by atoms with E-state index in [1.54, 1.807) is 19.2 Å². The van der Waals surface area contributed by atoms with E-state index >= 15 is 0 Å². The van der Waals surface area contributed by atoms with Gasteiger partial charge >= 0.3 is 0 Å². The summed E-state index contributed by atoms with van der Waals surface area (Å²) < 4.78 is 0. The third kappa shape index (κ3) is 2.57. The number of aromatic nitrogens is 2. The lowest BCUT2D eigenvalue weighted by atomic mass is 10.2. The molecule has 2 aromatic heterocycles. The second-order valence-corrected chi connectivity index (χ2v) is 4.03. The number of H-pyrrole nitrogens is 1. The molecule has 0 aliphatic heterocycles. The zero-order valence-electron chi connectivity index (χ0n) is 9.53. The van der Waals surface area contributed by atoms with Crippen LogP contribution in [-0.4, -0.2) is 15.9 Å². The second kappa shape index (κ2) is 5.01. The van der Waals surface area contributed by atoms with Gasteiger partial charge in [0.25, 0.3) is 5.91 Å². The van der Waals surface area contributed by atoms with Crippen molar-refractivity contribution in [3.8, 4) is 0 Å². The molecule has 0 bridgehead atoms. The van der Waals surface area contributed by atoms with Gasteiger partial charge in [-0.2, -0.15) is 0 Å². The summed E-state index contributed by atoms with van der Waals surface area (Å²) in [6, 6.07) is 6.08. The monoisotopic (exact) mass is 263 g/mol. The molecule has 18 heavy (non-hydrogen) atoms. The first-order valence-electron chi connectivity index (χ1n) is 5.20. The van der Waals surface area contributed by atoms with Gasteiger partial charge in [0.1, 0.15) is 5.69 Å². The summed E-state index contributed by atoms with van der Waals surface area (Å²) in [5, 5.41) is 2.83. The fourth-order valence-electron chi connectivity index (χ4n) is 1.44. The van der Waals surface area contributed by atoms with Crippen LogP contribution in [0.2, 0.25) is 5.15 Å². The minimum atomic E-state index is -0.439. The van der Waals surface area contributed by atoms with Gasteiger partial charge in [-0.3, -0.25) is 9.59 Å². The third-order valence-electron chi connectivity index (χ3n) is 2.36. The first-order chi connectivity index (χ1) is 8.58. The van der Waals surface area contributed by atoms with E-state index in [4.69, 9.17) is 11.6 Å². The number of nitrogens with zero attached hydrogens (tertiary/aromatic N) is 1. The van der Waals surface area contributed by atoms with Gasteiger partial charge < -0.3 is 10.3 Å². The van der Waals surface area contributed by atoms with Crippen LogP contribution in [0.4, 0.5) is 5.69 Å². The molecule has 0 atom stereocenters. The smallest absolute Gasteiger partial charge is 0.272 e. The molecule has 2 N–H and O–H groups in total. The predicted octanol–water partition coefficient (Wildman–Crippen LogP) is 1.98. The van der Waals surface area contributed by atoms with Crippen molar-refractivity contribution in [2.24, 2.45) is 0 Å². The molecule has 2 heterocycles. The fraction of sp³-hybridized carbons (Fsp3) is 0.0833. The maximum atomic E-state index is 11.9. The first kappa shape index (κ1) is 12.3. The van der Waals surface area contributed by atoms with Crippen molar-refractivity contribution in [2.45, 2.75) is 6.92 Å².